The minimum absolute atomic E-state index is 0.343. The van der Waals surface area contributed by atoms with Crippen LogP contribution in [0, 0.1) is 0 Å². The summed E-state index contributed by atoms with van der Waals surface area (Å²) in [7, 11) is 0. The zero-order chi connectivity index (χ0) is 18.9. The summed E-state index contributed by atoms with van der Waals surface area (Å²) in [5.74, 6) is -0.0654. The molecule has 0 aliphatic carbocycles. The zero-order valence-electron chi connectivity index (χ0n) is 14.0. The number of rotatable bonds is 3. The zero-order valence-corrected chi connectivity index (χ0v) is 14.8. The first-order chi connectivity index (χ1) is 12.2. The third-order valence-electron chi connectivity index (χ3n) is 4.46. The fourth-order valence-corrected chi connectivity index (χ4v) is 4.19. The smallest absolute Gasteiger partial charge is 0.376 e. The van der Waals surface area contributed by atoms with Crippen molar-refractivity contribution >= 4 is 17.7 Å². The molecule has 0 saturated heterocycles. The van der Waals surface area contributed by atoms with Crippen molar-refractivity contribution in [3.8, 4) is 0 Å². The number of thioether (sulfide) groups is 1. The van der Waals surface area contributed by atoms with Crippen LogP contribution in [0.1, 0.15) is 36.1 Å². The predicted molar refractivity (Wildman–Crippen MR) is 93.7 cm³/mol. The van der Waals surface area contributed by atoms with Crippen molar-refractivity contribution in [3.05, 3.63) is 65.2 Å². The van der Waals surface area contributed by atoms with Crippen LogP contribution in [0.25, 0.3) is 0 Å². The van der Waals surface area contributed by atoms with E-state index in [0.717, 1.165) is 35.3 Å². The molecule has 0 aromatic heterocycles. The Morgan fingerprint density at radius 2 is 1.73 bits per heavy atom. The maximum atomic E-state index is 13.3. The van der Waals surface area contributed by atoms with Gasteiger partial charge < -0.3 is 10.4 Å². The average molecular weight is 381 g/mol. The van der Waals surface area contributed by atoms with Gasteiger partial charge >= 0.3 is 6.18 Å². The molecule has 3 nitrogen and oxygen atoms in total. The van der Waals surface area contributed by atoms with Crippen LogP contribution in [0.3, 0.4) is 0 Å². The minimum Gasteiger partial charge on any atom is -0.376 e. The van der Waals surface area contributed by atoms with Crippen molar-refractivity contribution in [3.63, 3.8) is 0 Å². The molecule has 2 atom stereocenters. The van der Waals surface area contributed by atoms with Gasteiger partial charge in [0.05, 0.1) is 11.6 Å². The molecule has 2 aromatic carbocycles. The molecule has 1 aliphatic heterocycles. The van der Waals surface area contributed by atoms with Gasteiger partial charge in [0.15, 0.2) is 5.60 Å². The summed E-state index contributed by atoms with van der Waals surface area (Å²) < 4.78 is 39.8. The molecular weight excluding hydrogens is 363 g/mol. The molecule has 0 unspecified atom stereocenters. The lowest BCUT2D eigenvalue weighted by Gasteiger charge is -2.31. The maximum Gasteiger partial charge on any atom is 0.416 e. The molecule has 3 rings (SSSR count). The van der Waals surface area contributed by atoms with Crippen molar-refractivity contribution in [2.75, 3.05) is 5.75 Å². The first kappa shape index (κ1) is 18.8. The molecule has 0 bridgehead atoms. The molecular formula is C19H18F3NO2S. The van der Waals surface area contributed by atoms with E-state index in [1.165, 1.54) is 12.1 Å². The quantitative estimate of drug-likeness (QED) is 0.835. The van der Waals surface area contributed by atoms with E-state index in [9.17, 15) is 23.1 Å². The minimum atomic E-state index is -4.66. The van der Waals surface area contributed by atoms with Crippen molar-refractivity contribution < 1.29 is 23.1 Å². The number of alkyl halides is 3. The van der Waals surface area contributed by atoms with E-state index in [2.05, 4.69) is 5.32 Å². The van der Waals surface area contributed by atoms with Gasteiger partial charge in [-0.25, -0.2) is 0 Å². The van der Waals surface area contributed by atoms with E-state index in [4.69, 9.17) is 0 Å². The average Bonchev–Trinajstić information content (AvgIpc) is 2.61. The number of hydrogen-bond donors (Lipinski definition) is 2. The van der Waals surface area contributed by atoms with Crippen LogP contribution in [0.2, 0.25) is 0 Å². The summed E-state index contributed by atoms with van der Waals surface area (Å²) in [6.07, 6.45) is -4.01. The number of benzene rings is 2. The number of carbonyl (C=O) groups excluding carboxylic acids is 1. The first-order valence-corrected chi connectivity index (χ1v) is 9.11. The van der Waals surface area contributed by atoms with Crippen LogP contribution in [0.5, 0.6) is 0 Å². The fraction of sp³-hybridized carbons (Fsp3) is 0.316. The van der Waals surface area contributed by atoms with Crippen LogP contribution < -0.4 is 5.32 Å². The Morgan fingerprint density at radius 3 is 2.42 bits per heavy atom. The van der Waals surface area contributed by atoms with Crippen LogP contribution in [0.15, 0.2) is 53.4 Å². The van der Waals surface area contributed by atoms with Crippen LogP contribution in [-0.4, -0.2) is 16.8 Å². The molecule has 0 radical (unpaired) electrons. The number of hydrogen-bond acceptors (Lipinski definition) is 3. The third kappa shape index (κ3) is 3.59. The summed E-state index contributed by atoms with van der Waals surface area (Å²) >= 11 is 1.67. The normalized spacial score (nSPS) is 19.3. The second kappa shape index (κ2) is 6.96. The maximum absolute atomic E-state index is 13.3. The summed E-state index contributed by atoms with van der Waals surface area (Å²) in [5, 5.41) is 13.4. The second-order valence-corrected chi connectivity index (χ2v) is 7.45. The van der Waals surface area contributed by atoms with Gasteiger partial charge in [-0.1, -0.05) is 36.4 Å². The molecule has 0 fully saturated rings. The third-order valence-corrected chi connectivity index (χ3v) is 5.59. The lowest BCUT2D eigenvalue weighted by molar-refractivity contribution is -0.146. The summed E-state index contributed by atoms with van der Waals surface area (Å²) in [4.78, 5) is 13.7. The predicted octanol–water partition coefficient (Wildman–Crippen LogP) is 4.27. The first-order valence-electron chi connectivity index (χ1n) is 8.13. The summed E-state index contributed by atoms with van der Waals surface area (Å²) in [6.45, 7) is 1.09. The van der Waals surface area contributed by atoms with E-state index in [1.807, 2.05) is 24.3 Å². The Kier molecular flexibility index (Phi) is 5.03. The summed E-state index contributed by atoms with van der Waals surface area (Å²) in [6, 6.07) is 11.8. The van der Waals surface area contributed by atoms with Crippen LogP contribution in [-0.2, 0) is 16.6 Å². The number of halogens is 3. The molecule has 1 amide bonds. The number of carbonyl (C=O) groups is 1. The molecule has 7 heteroatoms. The molecule has 26 heavy (non-hydrogen) atoms. The van der Waals surface area contributed by atoms with Gasteiger partial charge in [-0.3, -0.25) is 4.79 Å². The van der Waals surface area contributed by atoms with Crippen molar-refractivity contribution in [1.82, 2.24) is 5.32 Å². The molecule has 1 heterocycles. The Bertz CT molecular complexity index is 820. The molecule has 0 saturated carbocycles. The van der Waals surface area contributed by atoms with E-state index in [0.29, 0.717) is 6.42 Å². The van der Waals surface area contributed by atoms with E-state index < -0.39 is 28.8 Å². The topological polar surface area (TPSA) is 49.3 Å². The molecule has 138 valence electrons. The van der Waals surface area contributed by atoms with Crippen LogP contribution in [0.4, 0.5) is 13.2 Å². The van der Waals surface area contributed by atoms with Crippen molar-refractivity contribution in [2.45, 2.75) is 36.1 Å². The Labute approximate surface area is 153 Å². The SMILES string of the molecule is C[C@@](O)(C(=O)N[C@@H]1CCSc2ccccc21)c1ccccc1C(F)(F)F. The Balaban J connectivity index is 1.89. The molecule has 0 spiro atoms. The van der Waals surface area contributed by atoms with Gasteiger partial charge in [-0.2, -0.15) is 13.2 Å². The standard InChI is InChI=1S/C19H18F3NO2S/c1-18(25,13-7-3-4-8-14(13)19(20,21)22)17(24)23-15-10-11-26-16-9-5-2-6-12(15)16/h2-9,15,25H,10-11H2,1H3,(H,23,24)/t15-,18+/m1/s1. The van der Waals surface area contributed by atoms with Gasteiger partial charge in [0.1, 0.15) is 0 Å². The Hall–Kier alpha value is -1.99. The van der Waals surface area contributed by atoms with Crippen molar-refractivity contribution in [1.29, 1.82) is 0 Å². The molecule has 2 aromatic rings. The number of fused-ring (bicyclic) bond motifs is 1. The lowest BCUT2D eigenvalue weighted by atomic mass is 9.89. The molecule has 2 N–H and O–H groups in total. The highest BCUT2D eigenvalue weighted by Gasteiger charge is 2.42. The largest absolute Gasteiger partial charge is 0.416 e. The van der Waals surface area contributed by atoms with Gasteiger partial charge in [-0.15, -0.1) is 11.8 Å². The molecule has 1 aliphatic rings. The van der Waals surface area contributed by atoms with E-state index in [1.54, 1.807) is 11.8 Å². The van der Waals surface area contributed by atoms with E-state index >= 15 is 0 Å². The highest BCUT2D eigenvalue weighted by atomic mass is 32.2. The number of aliphatic hydroxyl groups is 1. The van der Waals surface area contributed by atoms with Crippen LogP contribution >= 0.6 is 11.8 Å². The lowest BCUT2D eigenvalue weighted by Crippen LogP contribution is -2.45. The fourth-order valence-electron chi connectivity index (χ4n) is 3.07. The highest BCUT2D eigenvalue weighted by Crippen LogP contribution is 2.39. The van der Waals surface area contributed by atoms with Gasteiger partial charge in [0.25, 0.3) is 5.91 Å². The monoisotopic (exact) mass is 381 g/mol. The number of nitrogens with one attached hydrogen (secondary N) is 1. The summed E-state index contributed by atoms with van der Waals surface area (Å²) in [5.41, 5.74) is -2.86. The van der Waals surface area contributed by atoms with Gasteiger partial charge in [0, 0.05) is 16.2 Å². The van der Waals surface area contributed by atoms with E-state index in [-0.39, 0.29) is 6.04 Å². The highest BCUT2D eigenvalue weighted by molar-refractivity contribution is 7.99. The van der Waals surface area contributed by atoms with Gasteiger partial charge in [0.2, 0.25) is 0 Å². The van der Waals surface area contributed by atoms with Crippen molar-refractivity contribution in [2.24, 2.45) is 0 Å². The number of amides is 1. The Morgan fingerprint density at radius 1 is 1.12 bits per heavy atom. The second-order valence-electron chi connectivity index (χ2n) is 6.32. The van der Waals surface area contributed by atoms with Gasteiger partial charge in [-0.05, 0) is 31.0 Å².